The van der Waals surface area contributed by atoms with E-state index in [4.69, 9.17) is 21.1 Å². The van der Waals surface area contributed by atoms with E-state index in [-0.39, 0.29) is 11.3 Å². The molecule has 1 heterocycles. The zero-order valence-electron chi connectivity index (χ0n) is 12.5. The van der Waals surface area contributed by atoms with Crippen molar-refractivity contribution in [3.63, 3.8) is 0 Å². The molecule has 3 aromatic rings. The number of ether oxygens (including phenoxy) is 2. The Morgan fingerprint density at radius 2 is 1.87 bits per heavy atom. The second-order valence-electron chi connectivity index (χ2n) is 4.93. The minimum absolute atomic E-state index is 0.121. The van der Waals surface area contributed by atoms with Crippen molar-refractivity contribution >= 4 is 22.5 Å². The maximum atomic E-state index is 12.5. The molecule has 0 aliphatic carbocycles. The smallest absolute Gasteiger partial charge is 0.260 e. The zero-order valence-corrected chi connectivity index (χ0v) is 13.3. The third-order valence-corrected chi connectivity index (χ3v) is 3.86. The van der Waals surface area contributed by atoms with Gasteiger partial charge in [-0.15, -0.1) is 0 Å². The van der Waals surface area contributed by atoms with E-state index in [2.05, 4.69) is 4.98 Å². The molecule has 0 fully saturated rings. The topological polar surface area (TPSA) is 71.5 Å². The number of rotatable bonds is 3. The number of methoxy groups -OCH3 is 2. The first-order valence-electron chi connectivity index (χ1n) is 6.82. The average Bonchev–Trinajstić information content (AvgIpc) is 2.54. The average molecular weight is 332 g/mol. The molecule has 0 atom stereocenters. The summed E-state index contributed by atoms with van der Waals surface area (Å²) in [5.74, 6) is 0.877. The molecule has 0 aliphatic rings. The van der Waals surface area contributed by atoms with Crippen molar-refractivity contribution in [2.75, 3.05) is 14.2 Å². The summed E-state index contributed by atoms with van der Waals surface area (Å²) in [7, 11) is 3.02. The number of H-pyrrole nitrogens is 1. The number of hydrogen-bond donors (Lipinski definition) is 2. The lowest BCUT2D eigenvalue weighted by Gasteiger charge is -2.12. The van der Waals surface area contributed by atoms with E-state index >= 15 is 0 Å². The van der Waals surface area contributed by atoms with Crippen molar-refractivity contribution in [2.24, 2.45) is 0 Å². The highest BCUT2D eigenvalue weighted by molar-refractivity contribution is 6.31. The molecule has 0 aliphatic heterocycles. The predicted molar refractivity (Wildman–Crippen MR) is 89.8 cm³/mol. The van der Waals surface area contributed by atoms with Crippen LogP contribution in [0, 0.1) is 0 Å². The van der Waals surface area contributed by atoms with Crippen LogP contribution in [-0.2, 0) is 0 Å². The van der Waals surface area contributed by atoms with Crippen LogP contribution in [0.4, 0.5) is 0 Å². The largest absolute Gasteiger partial charge is 0.506 e. The van der Waals surface area contributed by atoms with Crippen LogP contribution in [0.25, 0.3) is 22.0 Å². The van der Waals surface area contributed by atoms with Gasteiger partial charge in [-0.2, -0.15) is 0 Å². The number of halogens is 1. The van der Waals surface area contributed by atoms with Gasteiger partial charge in [-0.1, -0.05) is 11.6 Å². The molecule has 118 valence electrons. The van der Waals surface area contributed by atoms with Crippen molar-refractivity contribution in [1.82, 2.24) is 4.98 Å². The summed E-state index contributed by atoms with van der Waals surface area (Å²) in [6.45, 7) is 0. The third-order valence-electron chi connectivity index (χ3n) is 3.62. The highest BCUT2D eigenvalue weighted by Crippen LogP contribution is 2.39. The van der Waals surface area contributed by atoms with Crippen molar-refractivity contribution in [3.8, 4) is 28.4 Å². The Balaban J connectivity index is 2.37. The minimum Gasteiger partial charge on any atom is -0.506 e. The molecule has 0 radical (unpaired) electrons. The number of benzene rings is 2. The normalized spacial score (nSPS) is 10.7. The van der Waals surface area contributed by atoms with Gasteiger partial charge in [-0.05, 0) is 36.4 Å². The van der Waals surface area contributed by atoms with Crippen molar-refractivity contribution < 1.29 is 14.6 Å². The number of nitrogens with one attached hydrogen (secondary N) is 1. The first-order valence-corrected chi connectivity index (χ1v) is 7.20. The van der Waals surface area contributed by atoms with Gasteiger partial charge in [-0.25, -0.2) is 0 Å². The van der Waals surface area contributed by atoms with E-state index in [1.807, 2.05) is 0 Å². The standard InChI is InChI=1S/C17H14ClNO4/c1-22-10-4-6-14(23-2)12(8-10)15-16(20)11-5-3-9(18)7-13(11)19-17(15)21/h3-8H,1-2H3,(H2,19,20,21). The molecule has 3 rings (SSSR count). The van der Waals surface area contributed by atoms with Gasteiger partial charge in [0.2, 0.25) is 0 Å². The SMILES string of the molecule is COc1ccc(OC)c(-c2c(O)c3ccc(Cl)cc3[nH]c2=O)c1. The van der Waals surface area contributed by atoms with Crippen LogP contribution in [0.15, 0.2) is 41.2 Å². The van der Waals surface area contributed by atoms with Crippen LogP contribution in [0.5, 0.6) is 17.2 Å². The molecule has 1 aromatic heterocycles. The molecule has 0 saturated heterocycles. The lowest BCUT2D eigenvalue weighted by atomic mass is 10.0. The third kappa shape index (κ3) is 2.59. The van der Waals surface area contributed by atoms with Crippen LogP contribution in [-0.4, -0.2) is 24.3 Å². The monoisotopic (exact) mass is 331 g/mol. The van der Waals surface area contributed by atoms with E-state index < -0.39 is 5.56 Å². The summed E-state index contributed by atoms with van der Waals surface area (Å²) in [5.41, 5.74) is 0.590. The van der Waals surface area contributed by atoms with Crippen molar-refractivity contribution in [1.29, 1.82) is 0 Å². The van der Waals surface area contributed by atoms with E-state index in [1.54, 1.807) is 36.4 Å². The van der Waals surface area contributed by atoms with Crippen molar-refractivity contribution in [3.05, 3.63) is 51.8 Å². The second-order valence-corrected chi connectivity index (χ2v) is 5.37. The predicted octanol–water partition coefficient (Wildman–Crippen LogP) is 3.57. The summed E-state index contributed by atoms with van der Waals surface area (Å²) in [6.07, 6.45) is 0. The highest BCUT2D eigenvalue weighted by atomic mass is 35.5. The van der Waals surface area contributed by atoms with E-state index in [0.29, 0.717) is 33.0 Å². The second kappa shape index (κ2) is 5.85. The van der Waals surface area contributed by atoms with Gasteiger partial charge in [0.25, 0.3) is 5.56 Å². The lowest BCUT2D eigenvalue weighted by Crippen LogP contribution is -2.10. The Bertz CT molecular complexity index is 949. The van der Waals surface area contributed by atoms with Gasteiger partial charge in [0.1, 0.15) is 17.2 Å². The van der Waals surface area contributed by atoms with Crippen molar-refractivity contribution in [2.45, 2.75) is 0 Å². The fourth-order valence-electron chi connectivity index (χ4n) is 2.51. The molecule has 0 amide bonds. The van der Waals surface area contributed by atoms with E-state index in [9.17, 15) is 9.90 Å². The molecule has 23 heavy (non-hydrogen) atoms. The summed E-state index contributed by atoms with van der Waals surface area (Å²) >= 11 is 5.93. The fourth-order valence-corrected chi connectivity index (χ4v) is 2.68. The maximum absolute atomic E-state index is 12.5. The molecule has 0 unspecified atom stereocenters. The minimum atomic E-state index is -0.441. The maximum Gasteiger partial charge on any atom is 0.260 e. The molecule has 2 N–H and O–H groups in total. The molecule has 6 heteroatoms. The van der Waals surface area contributed by atoms with Crippen LogP contribution in [0.3, 0.4) is 0 Å². The number of aromatic amines is 1. The highest BCUT2D eigenvalue weighted by Gasteiger charge is 2.18. The van der Waals surface area contributed by atoms with Crippen LogP contribution in [0.2, 0.25) is 5.02 Å². The zero-order chi connectivity index (χ0) is 16.6. The van der Waals surface area contributed by atoms with Gasteiger partial charge in [0.05, 0.1) is 25.3 Å². The summed E-state index contributed by atoms with van der Waals surface area (Å²) in [4.78, 5) is 15.2. The number of aromatic nitrogens is 1. The Hall–Kier alpha value is -2.66. The van der Waals surface area contributed by atoms with Gasteiger partial charge >= 0.3 is 0 Å². The Morgan fingerprint density at radius 3 is 2.57 bits per heavy atom. The fraction of sp³-hybridized carbons (Fsp3) is 0.118. The number of hydrogen-bond acceptors (Lipinski definition) is 4. The molecular formula is C17H14ClNO4. The molecule has 0 bridgehead atoms. The Kier molecular flexibility index (Phi) is 3.88. The quantitative estimate of drug-likeness (QED) is 0.769. The van der Waals surface area contributed by atoms with E-state index in [1.165, 1.54) is 14.2 Å². The summed E-state index contributed by atoms with van der Waals surface area (Å²) in [6, 6.07) is 9.93. The van der Waals surface area contributed by atoms with Gasteiger partial charge in [-0.3, -0.25) is 4.79 Å². The summed E-state index contributed by atoms with van der Waals surface area (Å²) in [5, 5.41) is 11.6. The molecule has 0 spiro atoms. The van der Waals surface area contributed by atoms with Gasteiger partial charge < -0.3 is 19.6 Å². The van der Waals surface area contributed by atoms with E-state index in [0.717, 1.165) is 0 Å². The van der Waals surface area contributed by atoms with Crippen LogP contribution in [0.1, 0.15) is 0 Å². The molecule has 2 aromatic carbocycles. The van der Waals surface area contributed by atoms with Crippen LogP contribution < -0.4 is 15.0 Å². The lowest BCUT2D eigenvalue weighted by molar-refractivity contribution is 0.404. The Labute approximate surface area is 137 Å². The molecule has 0 saturated carbocycles. The first-order chi connectivity index (χ1) is 11.0. The van der Waals surface area contributed by atoms with Crippen LogP contribution >= 0.6 is 11.6 Å². The molecular weight excluding hydrogens is 318 g/mol. The number of pyridine rings is 1. The van der Waals surface area contributed by atoms with Gasteiger partial charge in [0.15, 0.2) is 0 Å². The number of aromatic hydroxyl groups is 1. The first kappa shape index (κ1) is 15.2. The van der Waals surface area contributed by atoms with Gasteiger partial charge in [0, 0.05) is 16.0 Å². The number of fused-ring (bicyclic) bond motifs is 1. The molecule has 5 nitrogen and oxygen atoms in total. The summed E-state index contributed by atoms with van der Waals surface area (Å²) < 4.78 is 10.5. The Morgan fingerprint density at radius 1 is 1.09 bits per heavy atom.